The Hall–Kier alpha value is -1.85. The van der Waals surface area contributed by atoms with Gasteiger partial charge in [-0.2, -0.15) is 0 Å². The summed E-state index contributed by atoms with van der Waals surface area (Å²) in [5.41, 5.74) is 0.0407. The fourth-order valence-corrected chi connectivity index (χ4v) is 1.18. The van der Waals surface area contributed by atoms with Gasteiger partial charge in [-0.1, -0.05) is 0 Å². The second kappa shape index (κ2) is 6.03. The predicted octanol–water partition coefficient (Wildman–Crippen LogP) is 1.87. The number of carbonyl (C=O) groups is 1. The molecule has 0 amide bonds. The normalized spacial score (nSPS) is 10.4. The van der Waals surface area contributed by atoms with Gasteiger partial charge in [-0.3, -0.25) is 0 Å². The van der Waals surface area contributed by atoms with Gasteiger partial charge in [0.2, 0.25) is 0 Å². The van der Waals surface area contributed by atoms with Crippen molar-refractivity contribution in [3.8, 4) is 11.5 Å². The largest absolute Gasteiger partial charge is 0.508 e. The second-order valence-corrected chi connectivity index (χ2v) is 3.26. The number of methoxy groups -OCH3 is 1. The Bertz CT molecular complexity index is 391. The van der Waals surface area contributed by atoms with Crippen LogP contribution in [-0.4, -0.2) is 37.6 Å². The Morgan fingerprint density at radius 3 is 2.53 bits per heavy atom. The SMILES string of the molecule is COC(=O)c1cc(O)cc(OC(CF)CF)c1. The highest BCUT2D eigenvalue weighted by atomic mass is 19.1. The lowest BCUT2D eigenvalue weighted by atomic mass is 10.2. The molecule has 94 valence electrons. The van der Waals surface area contributed by atoms with Crippen molar-refractivity contribution in [2.24, 2.45) is 0 Å². The van der Waals surface area contributed by atoms with E-state index in [0.29, 0.717) is 0 Å². The van der Waals surface area contributed by atoms with E-state index in [0.717, 1.165) is 6.07 Å². The summed E-state index contributed by atoms with van der Waals surface area (Å²) in [6, 6.07) is 3.56. The number of benzene rings is 1. The minimum atomic E-state index is -1.25. The Morgan fingerprint density at radius 1 is 1.35 bits per heavy atom. The smallest absolute Gasteiger partial charge is 0.338 e. The van der Waals surface area contributed by atoms with Gasteiger partial charge in [0.25, 0.3) is 0 Å². The molecule has 1 aromatic carbocycles. The maximum atomic E-state index is 12.3. The van der Waals surface area contributed by atoms with Crippen molar-refractivity contribution in [1.29, 1.82) is 0 Å². The van der Waals surface area contributed by atoms with Gasteiger partial charge in [-0.25, -0.2) is 13.6 Å². The molecule has 17 heavy (non-hydrogen) atoms. The summed E-state index contributed by atoms with van der Waals surface area (Å²) in [5, 5.41) is 9.32. The molecule has 0 unspecified atom stereocenters. The number of hydrogen-bond acceptors (Lipinski definition) is 4. The molecule has 4 nitrogen and oxygen atoms in total. The third-order valence-electron chi connectivity index (χ3n) is 1.96. The number of esters is 1. The number of phenols is 1. The van der Waals surface area contributed by atoms with Crippen LogP contribution in [0.2, 0.25) is 0 Å². The summed E-state index contributed by atoms with van der Waals surface area (Å²) in [7, 11) is 1.18. The first-order chi connectivity index (χ1) is 8.10. The molecule has 1 N–H and O–H groups in total. The van der Waals surface area contributed by atoms with Crippen molar-refractivity contribution < 1.29 is 28.2 Å². The minimum absolute atomic E-state index is 0.00528. The maximum Gasteiger partial charge on any atom is 0.338 e. The molecule has 6 heteroatoms. The minimum Gasteiger partial charge on any atom is -0.508 e. The standard InChI is InChI=1S/C11H12F2O4/c1-16-11(15)7-2-8(14)4-9(3-7)17-10(5-12)6-13/h2-4,10,14H,5-6H2,1H3. The van der Waals surface area contributed by atoms with E-state index in [1.807, 2.05) is 0 Å². The van der Waals surface area contributed by atoms with Crippen LogP contribution < -0.4 is 4.74 Å². The van der Waals surface area contributed by atoms with Gasteiger partial charge in [0, 0.05) is 6.07 Å². The molecule has 0 aliphatic rings. The molecule has 0 atom stereocenters. The predicted molar refractivity (Wildman–Crippen MR) is 55.8 cm³/mol. The van der Waals surface area contributed by atoms with E-state index in [1.165, 1.54) is 19.2 Å². The topological polar surface area (TPSA) is 55.8 Å². The van der Waals surface area contributed by atoms with Gasteiger partial charge in [0.15, 0.2) is 6.10 Å². The average Bonchev–Trinajstić information content (AvgIpc) is 2.34. The number of phenolic OH excluding ortho intramolecular Hbond substituents is 1. The first kappa shape index (κ1) is 13.2. The molecule has 0 aliphatic heterocycles. The number of halogens is 2. The monoisotopic (exact) mass is 246 g/mol. The van der Waals surface area contributed by atoms with Crippen molar-refractivity contribution in [3.63, 3.8) is 0 Å². The highest BCUT2D eigenvalue weighted by Gasteiger charge is 2.13. The molecule has 0 spiro atoms. The van der Waals surface area contributed by atoms with Crippen LogP contribution >= 0.6 is 0 Å². The molecule has 0 bridgehead atoms. The van der Waals surface area contributed by atoms with Crippen molar-refractivity contribution in [1.82, 2.24) is 0 Å². The van der Waals surface area contributed by atoms with Gasteiger partial charge >= 0.3 is 5.97 Å². The van der Waals surface area contributed by atoms with Crippen LogP contribution in [0.1, 0.15) is 10.4 Å². The van der Waals surface area contributed by atoms with Crippen LogP contribution in [0.25, 0.3) is 0 Å². The van der Waals surface area contributed by atoms with Crippen molar-refractivity contribution >= 4 is 5.97 Å². The summed E-state index contributed by atoms with van der Waals surface area (Å²) in [4.78, 5) is 11.2. The Labute approximate surface area is 96.8 Å². The number of alkyl halides is 2. The van der Waals surface area contributed by atoms with E-state index in [4.69, 9.17) is 4.74 Å². The number of ether oxygens (including phenoxy) is 2. The van der Waals surface area contributed by atoms with Gasteiger partial charge < -0.3 is 14.6 Å². The van der Waals surface area contributed by atoms with Crippen molar-refractivity contribution in [2.75, 3.05) is 20.5 Å². The zero-order chi connectivity index (χ0) is 12.8. The quantitative estimate of drug-likeness (QED) is 0.806. The molecule has 0 saturated carbocycles. The molecular formula is C11H12F2O4. The Balaban J connectivity index is 2.93. The molecule has 0 fully saturated rings. The van der Waals surface area contributed by atoms with E-state index < -0.39 is 25.4 Å². The summed E-state index contributed by atoms with van der Waals surface area (Å²) < 4.78 is 33.9. The zero-order valence-corrected chi connectivity index (χ0v) is 9.15. The first-order valence-corrected chi connectivity index (χ1v) is 4.81. The Kier molecular flexibility index (Phi) is 4.68. The van der Waals surface area contributed by atoms with Crippen molar-refractivity contribution in [3.05, 3.63) is 23.8 Å². The van der Waals surface area contributed by atoms with Crippen LogP contribution in [-0.2, 0) is 4.74 Å². The summed E-state index contributed by atoms with van der Waals surface area (Å²) in [5.74, 6) is -0.923. The Morgan fingerprint density at radius 2 is 2.00 bits per heavy atom. The number of hydrogen-bond donors (Lipinski definition) is 1. The lowest BCUT2D eigenvalue weighted by Crippen LogP contribution is -2.21. The van der Waals surface area contributed by atoms with E-state index in [1.54, 1.807) is 0 Å². The van der Waals surface area contributed by atoms with Crippen LogP contribution in [0, 0.1) is 0 Å². The molecule has 0 aromatic heterocycles. The fraction of sp³-hybridized carbons (Fsp3) is 0.364. The summed E-state index contributed by atoms with van der Waals surface area (Å²) >= 11 is 0. The van der Waals surface area contributed by atoms with Crippen LogP contribution in [0.4, 0.5) is 8.78 Å². The van der Waals surface area contributed by atoms with Crippen LogP contribution in [0.5, 0.6) is 11.5 Å². The van der Waals surface area contributed by atoms with E-state index in [-0.39, 0.29) is 17.1 Å². The van der Waals surface area contributed by atoms with Crippen molar-refractivity contribution in [2.45, 2.75) is 6.10 Å². The molecule has 0 radical (unpaired) electrons. The van der Waals surface area contributed by atoms with Crippen LogP contribution in [0.15, 0.2) is 18.2 Å². The third-order valence-corrected chi connectivity index (χ3v) is 1.96. The lowest BCUT2D eigenvalue weighted by Gasteiger charge is -2.13. The molecule has 1 rings (SSSR count). The third kappa shape index (κ3) is 3.58. The maximum absolute atomic E-state index is 12.3. The highest BCUT2D eigenvalue weighted by Crippen LogP contribution is 2.23. The summed E-state index contributed by atoms with van der Waals surface area (Å²) in [6.45, 7) is -2.00. The van der Waals surface area contributed by atoms with Gasteiger partial charge in [-0.05, 0) is 12.1 Å². The molecular weight excluding hydrogens is 234 g/mol. The van der Waals surface area contributed by atoms with Gasteiger partial charge in [-0.15, -0.1) is 0 Å². The number of carbonyl (C=O) groups excluding carboxylic acids is 1. The van der Waals surface area contributed by atoms with Gasteiger partial charge in [0.05, 0.1) is 12.7 Å². The summed E-state index contributed by atoms with van der Waals surface area (Å²) in [6.07, 6.45) is -1.25. The fourth-order valence-electron chi connectivity index (χ4n) is 1.18. The molecule has 0 saturated heterocycles. The van der Waals surface area contributed by atoms with E-state index in [2.05, 4.69) is 4.74 Å². The second-order valence-electron chi connectivity index (χ2n) is 3.26. The number of aromatic hydroxyl groups is 1. The molecule has 0 aliphatic carbocycles. The van der Waals surface area contributed by atoms with E-state index >= 15 is 0 Å². The highest BCUT2D eigenvalue weighted by molar-refractivity contribution is 5.90. The van der Waals surface area contributed by atoms with Crippen LogP contribution in [0.3, 0.4) is 0 Å². The molecule has 0 heterocycles. The number of rotatable bonds is 5. The lowest BCUT2D eigenvalue weighted by molar-refractivity contribution is 0.0599. The zero-order valence-electron chi connectivity index (χ0n) is 9.15. The first-order valence-electron chi connectivity index (χ1n) is 4.81. The average molecular weight is 246 g/mol. The van der Waals surface area contributed by atoms with E-state index in [9.17, 15) is 18.7 Å². The van der Waals surface area contributed by atoms with Gasteiger partial charge in [0.1, 0.15) is 24.8 Å². The molecule has 1 aromatic rings.